The number of carbonyl (C=O) groups is 1. The number of likely N-dealkylation sites (N-methyl/N-ethyl adjacent to an activating group) is 1. The van der Waals surface area contributed by atoms with Gasteiger partial charge in [-0.05, 0) is 76.0 Å². The Labute approximate surface area is 221 Å². The number of methoxy groups -OCH3 is 1. The first-order valence-electron chi connectivity index (χ1n) is 12.2. The SMILES string of the molecule is CCc1ccc(N=C2S/C(=C\c3ccc(OCc4cccc5ccccc45)c(OC)c3)C(=O)N2C)cc1. The lowest BCUT2D eigenvalue weighted by molar-refractivity contribution is -0.121. The van der Waals surface area contributed by atoms with Gasteiger partial charge in [-0.3, -0.25) is 9.69 Å². The van der Waals surface area contributed by atoms with Crippen LogP contribution in [-0.2, 0) is 17.8 Å². The fourth-order valence-electron chi connectivity index (χ4n) is 4.19. The summed E-state index contributed by atoms with van der Waals surface area (Å²) >= 11 is 1.37. The summed E-state index contributed by atoms with van der Waals surface area (Å²) in [6.45, 7) is 2.55. The molecule has 0 aromatic heterocycles. The number of hydrogen-bond acceptors (Lipinski definition) is 5. The molecular formula is C31H28N2O3S. The van der Waals surface area contributed by atoms with E-state index in [4.69, 9.17) is 9.47 Å². The summed E-state index contributed by atoms with van der Waals surface area (Å²) in [5.41, 5.74) is 4.05. The van der Waals surface area contributed by atoms with Gasteiger partial charge in [-0.15, -0.1) is 0 Å². The van der Waals surface area contributed by atoms with Crippen LogP contribution in [-0.4, -0.2) is 30.1 Å². The molecule has 4 aromatic rings. The van der Waals surface area contributed by atoms with Crippen molar-refractivity contribution in [1.29, 1.82) is 0 Å². The van der Waals surface area contributed by atoms with Crippen molar-refractivity contribution in [2.45, 2.75) is 20.0 Å². The second kappa shape index (κ2) is 10.9. The Hall–Kier alpha value is -4.03. The fourth-order valence-corrected chi connectivity index (χ4v) is 5.17. The summed E-state index contributed by atoms with van der Waals surface area (Å²) in [5, 5.41) is 3.01. The van der Waals surface area contributed by atoms with E-state index in [2.05, 4.69) is 48.3 Å². The lowest BCUT2D eigenvalue weighted by Crippen LogP contribution is -2.23. The van der Waals surface area contributed by atoms with E-state index in [1.165, 1.54) is 28.1 Å². The van der Waals surface area contributed by atoms with Crippen molar-refractivity contribution in [3.05, 3.63) is 107 Å². The molecule has 0 N–H and O–H groups in total. The van der Waals surface area contributed by atoms with Gasteiger partial charge in [0.15, 0.2) is 16.7 Å². The number of nitrogens with zero attached hydrogens (tertiary/aromatic N) is 2. The normalized spacial score (nSPS) is 15.6. The number of rotatable bonds is 7. The number of aliphatic imine (C=N–C) groups is 1. The van der Waals surface area contributed by atoms with Crippen molar-refractivity contribution < 1.29 is 14.3 Å². The van der Waals surface area contributed by atoms with Gasteiger partial charge in [0, 0.05) is 7.05 Å². The van der Waals surface area contributed by atoms with E-state index in [-0.39, 0.29) is 5.91 Å². The number of thioether (sulfide) groups is 1. The second-order valence-electron chi connectivity index (χ2n) is 8.73. The van der Waals surface area contributed by atoms with E-state index in [0.717, 1.165) is 23.2 Å². The van der Waals surface area contributed by atoms with E-state index < -0.39 is 0 Å². The van der Waals surface area contributed by atoms with Crippen molar-refractivity contribution in [2.75, 3.05) is 14.2 Å². The van der Waals surface area contributed by atoms with Crippen molar-refractivity contribution >= 4 is 45.4 Å². The Kier molecular flexibility index (Phi) is 7.28. The number of aryl methyl sites for hydroxylation is 1. The fraction of sp³-hybridized carbons (Fsp3) is 0.161. The average Bonchev–Trinajstić information content (AvgIpc) is 3.20. The monoisotopic (exact) mass is 508 g/mol. The molecule has 1 heterocycles. The number of ether oxygens (including phenoxy) is 2. The topological polar surface area (TPSA) is 51.1 Å². The third kappa shape index (κ3) is 5.39. The highest BCUT2D eigenvalue weighted by molar-refractivity contribution is 8.18. The molecule has 0 radical (unpaired) electrons. The van der Waals surface area contributed by atoms with Crippen LogP contribution in [0.4, 0.5) is 5.69 Å². The predicted molar refractivity (Wildman–Crippen MR) is 153 cm³/mol. The van der Waals surface area contributed by atoms with Crippen LogP contribution in [0.5, 0.6) is 11.5 Å². The molecule has 1 aliphatic heterocycles. The molecule has 6 heteroatoms. The van der Waals surface area contributed by atoms with Crippen molar-refractivity contribution in [2.24, 2.45) is 4.99 Å². The first-order chi connectivity index (χ1) is 18.1. The van der Waals surface area contributed by atoms with Gasteiger partial charge < -0.3 is 9.47 Å². The molecule has 186 valence electrons. The highest BCUT2D eigenvalue weighted by atomic mass is 32.2. The highest BCUT2D eigenvalue weighted by Gasteiger charge is 2.30. The van der Waals surface area contributed by atoms with Crippen LogP contribution in [0.3, 0.4) is 0 Å². The molecule has 1 amide bonds. The quantitative estimate of drug-likeness (QED) is 0.247. The molecule has 0 aliphatic carbocycles. The minimum absolute atomic E-state index is 0.0795. The smallest absolute Gasteiger partial charge is 0.266 e. The van der Waals surface area contributed by atoms with E-state index in [1.807, 2.05) is 54.6 Å². The largest absolute Gasteiger partial charge is 0.493 e. The summed E-state index contributed by atoms with van der Waals surface area (Å²) in [4.78, 5) is 19.8. The molecule has 5 nitrogen and oxygen atoms in total. The van der Waals surface area contributed by atoms with Crippen LogP contribution in [0.25, 0.3) is 16.8 Å². The molecule has 4 aromatic carbocycles. The standard InChI is InChI=1S/C31H28N2O3S/c1-4-21-12-15-25(16-13-21)32-31-33(2)30(34)29(37-31)19-22-14-17-27(28(18-22)35-3)36-20-24-10-7-9-23-8-5-6-11-26(23)24/h5-19H,4,20H2,1-3H3/b29-19-,32-31?. The Balaban J connectivity index is 1.34. The minimum atomic E-state index is -0.0795. The summed E-state index contributed by atoms with van der Waals surface area (Å²) in [5.74, 6) is 1.19. The zero-order valence-corrected chi connectivity index (χ0v) is 21.9. The molecule has 5 rings (SSSR count). The maximum atomic E-state index is 12.9. The zero-order chi connectivity index (χ0) is 25.8. The molecule has 0 spiro atoms. The highest BCUT2D eigenvalue weighted by Crippen LogP contribution is 2.35. The Bertz CT molecular complexity index is 1500. The van der Waals surface area contributed by atoms with Crippen molar-refractivity contribution in [3.8, 4) is 11.5 Å². The van der Waals surface area contributed by atoms with E-state index in [1.54, 1.807) is 19.1 Å². The number of amides is 1. The first-order valence-corrected chi connectivity index (χ1v) is 13.0. The Morgan fingerprint density at radius 3 is 2.51 bits per heavy atom. The number of amidine groups is 1. The molecule has 0 atom stereocenters. The van der Waals surface area contributed by atoms with Gasteiger partial charge >= 0.3 is 0 Å². The van der Waals surface area contributed by atoms with Gasteiger partial charge in [0.1, 0.15) is 6.61 Å². The van der Waals surface area contributed by atoms with Crippen molar-refractivity contribution in [3.63, 3.8) is 0 Å². The maximum Gasteiger partial charge on any atom is 0.266 e. The lowest BCUT2D eigenvalue weighted by Gasteiger charge is -2.13. The van der Waals surface area contributed by atoms with Crippen molar-refractivity contribution in [1.82, 2.24) is 4.90 Å². The number of benzene rings is 4. The molecule has 1 aliphatic rings. The van der Waals surface area contributed by atoms with Crippen LogP contribution in [0.2, 0.25) is 0 Å². The average molecular weight is 509 g/mol. The third-order valence-electron chi connectivity index (χ3n) is 6.32. The lowest BCUT2D eigenvalue weighted by atomic mass is 10.1. The Morgan fingerprint density at radius 1 is 0.946 bits per heavy atom. The first kappa shape index (κ1) is 24.7. The van der Waals surface area contributed by atoms with Gasteiger partial charge in [0.25, 0.3) is 5.91 Å². The van der Waals surface area contributed by atoms with E-state index in [9.17, 15) is 4.79 Å². The van der Waals surface area contributed by atoms with Gasteiger partial charge in [0.05, 0.1) is 17.7 Å². The summed E-state index contributed by atoms with van der Waals surface area (Å²) in [6, 6.07) is 28.3. The van der Waals surface area contributed by atoms with Crippen LogP contribution in [0, 0.1) is 0 Å². The summed E-state index contributed by atoms with van der Waals surface area (Å²) in [7, 11) is 3.37. The van der Waals surface area contributed by atoms with Gasteiger partial charge in [0.2, 0.25) is 0 Å². The maximum absolute atomic E-state index is 12.9. The van der Waals surface area contributed by atoms with Gasteiger partial charge in [-0.2, -0.15) is 0 Å². The zero-order valence-electron chi connectivity index (χ0n) is 21.1. The van der Waals surface area contributed by atoms with E-state index in [0.29, 0.717) is 28.2 Å². The number of fused-ring (bicyclic) bond motifs is 1. The minimum Gasteiger partial charge on any atom is -0.493 e. The molecule has 0 unspecified atom stereocenters. The predicted octanol–water partition coefficient (Wildman–Crippen LogP) is 7.22. The van der Waals surface area contributed by atoms with Gasteiger partial charge in [-0.1, -0.05) is 67.6 Å². The van der Waals surface area contributed by atoms with Crippen LogP contribution in [0.15, 0.2) is 94.8 Å². The van der Waals surface area contributed by atoms with Crippen LogP contribution >= 0.6 is 11.8 Å². The molecule has 37 heavy (non-hydrogen) atoms. The molecular weight excluding hydrogens is 480 g/mol. The Morgan fingerprint density at radius 2 is 1.73 bits per heavy atom. The van der Waals surface area contributed by atoms with E-state index >= 15 is 0 Å². The third-order valence-corrected chi connectivity index (χ3v) is 7.38. The molecule has 0 bridgehead atoms. The second-order valence-corrected chi connectivity index (χ2v) is 9.74. The van der Waals surface area contributed by atoms with Crippen LogP contribution < -0.4 is 9.47 Å². The summed E-state index contributed by atoms with van der Waals surface area (Å²) < 4.78 is 11.8. The number of carbonyl (C=O) groups excluding carboxylic acids is 1. The number of hydrogen-bond donors (Lipinski definition) is 0. The molecule has 0 saturated carbocycles. The molecule has 1 saturated heterocycles. The van der Waals surface area contributed by atoms with Gasteiger partial charge in [-0.25, -0.2) is 4.99 Å². The van der Waals surface area contributed by atoms with Crippen LogP contribution in [0.1, 0.15) is 23.6 Å². The molecule has 1 fully saturated rings. The summed E-state index contributed by atoms with van der Waals surface area (Å²) in [6.07, 6.45) is 2.84.